The monoisotopic (exact) mass is 674 g/mol. The molecule has 1 spiro atoms. The maximum atomic E-state index is 15.1. The lowest BCUT2D eigenvalue weighted by atomic mass is 9.33. The zero-order valence-electron chi connectivity index (χ0n) is 28.3. The fraction of sp³-hybridized carbons (Fsp3) is 0.771. The maximum absolute atomic E-state index is 15.1. The summed E-state index contributed by atoms with van der Waals surface area (Å²) in [6, 6.07) is 1.80. The topological polar surface area (TPSA) is 192 Å². The standard InChI is InChI=1S/C35H46O13/c1-8-15(2)29(42)47-30-31(5)20-12-21(38)33(7)25(34(20,14-44-30)28(46-17(4)37)24(27(31)41)45-16(3)36)23(39)26(40)32(6)19(18-9-10-43-13-18)11-22-35(32,33)48-22/h9-10,13,15,19-22,24-28,30,38,40-41H,8,11-12,14H2,1-7H3/t15?,19-,20-,21+,22+,24-,25-,26+,27+,28-,30-,31-,32+,33+,34-,35+/m0/s1. The van der Waals surface area contributed by atoms with E-state index in [1.54, 1.807) is 33.1 Å². The van der Waals surface area contributed by atoms with Crippen LogP contribution < -0.4 is 0 Å². The number of aliphatic hydroxyl groups excluding tert-OH is 3. The van der Waals surface area contributed by atoms with Gasteiger partial charge in [-0.3, -0.25) is 19.2 Å². The minimum atomic E-state index is -1.62. The van der Waals surface area contributed by atoms with Gasteiger partial charge in [0.15, 0.2) is 11.9 Å². The van der Waals surface area contributed by atoms with Crippen LogP contribution in [-0.4, -0.2) is 94.1 Å². The lowest BCUT2D eigenvalue weighted by Gasteiger charge is -2.73. The highest BCUT2D eigenvalue weighted by molar-refractivity contribution is 5.91. The Labute approximate surface area is 278 Å². The average Bonchev–Trinajstić information content (AvgIpc) is 3.39. The molecule has 0 radical (unpaired) electrons. The van der Waals surface area contributed by atoms with Crippen LogP contribution in [0.4, 0.5) is 0 Å². The third-order valence-corrected chi connectivity index (χ3v) is 13.9. The fourth-order valence-corrected chi connectivity index (χ4v) is 11.5. The molecule has 16 atom stereocenters. The van der Waals surface area contributed by atoms with E-state index in [1.165, 1.54) is 13.2 Å². The molecular weight excluding hydrogens is 628 g/mol. The molecule has 1 unspecified atom stereocenters. The highest BCUT2D eigenvalue weighted by Gasteiger charge is 2.92. The highest BCUT2D eigenvalue weighted by atomic mass is 16.7. The zero-order valence-corrected chi connectivity index (χ0v) is 28.3. The molecule has 6 aliphatic rings. The molecule has 1 aromatic heterocycles. The number of ketones is 1. The normalized spacial score (nSPS) is 50.6. The summed E-state index contributed by atoms with van der Waals surface area (Å²) >= 11 is 0. The molecule has 13 nitrogen and oxygen atoms in total. The van der Waals surface area contributed by atoms with Gasteiger partial charge in [-0.1, -0.05) is 34.6 Å². The summed E-state index contributed by atoms with van der Waals surface area (Å²) in [7, 11) is 0. The molecule has 0 amide bonds. The first kappa shape index (κ1) is 33.6. The first-order valence-electron chi connectivity index (χ1n) is 16.9. The summed E-state index contributed by atoms with van der Waals surface area (Å²) < 4.78 is 36.0. The van der Waals surface area contributed by atoms with Crippen molar-refractivity contribution in [2.45, 2.75) is 122 Å². The number of rotatable bonds is 6. The van der Waals surface area contributed by atoms with Gasteiger partial charge in [-0.15, -0.1) is 0 Å². The number of carbonyl (C=O) groups excluding carboxylic acids is 4. The van der Waals surface area contributed by atoms with Crippen LogP contribution in [0.2, 0.25) is 0 Å². The second-order valence-electron chi connectivity index (χ2n) is 15.7. The molecule has 2 bridgehead atoms. The predicted molar refractivity (Wildman–Crippen MR) is 161 cm³/mol. The molecule has 7 rings (SSSR count). The quantitative estimate of drug-likeness (QED) is 0.226. The van der Waals surface area contributed by atoms with Crippen molar-refractivity contribution in [3.63, 3.8) is 0 Å². The number of Topliss-reactive ketones (excluding diaryl/α,β-unsaturated/α-hetero) is 1. The van der Waals surface area contributed by atoms with Crippen LogP contribution in [0.3, 0.4) is 0 Å². The van der Waals surface area contributed by atoms with E-state index in [9.17, 15) is 29.7 Å². The van der Waals surface area contributed by atoms with Gasteiger partial charge in [-0.25, -0.2) is 0 Å². The number of furan rings is 1. The van der Waals surface area contributed by atoms with Gasteiger partial charge in [-0.05, 0) is 36.8 Å². The highest BCUT2D eigenvalue weighted by Crippen LogP contribution is 2.82. The first-order chi connectivity index (χ1) is 22.5. The van der Waals surface area contributed by atoms with Gasteiger partial charge in [0.05, 0.1) is 42.7 Å². The average molecular weight is 675 g/mol. The Balaban J connectivity index is 1.44. The number of esters is 3. The number of hydrogen-bond donors (Lipinski definition) is 3. The molecule has 3 N–H and O–H groups in total. The third-order valence-electron chi connectivity index (χ3n) is 13.9. The third kappa shape index (κ3) is 3.74. The molecule has 2 saturated heterocycles. The van der Waals surface area contributed by atoms with Crippen molar-refractivity contribution in [2.24, 2.45) is 39.4 Å². The second-order valence-corrected chi connectivity index (χ2v) is 15.7. The summed E-state index contributed by atoms with van der Waals surface area (Å²) in [4.78, 5) is 53.7. The number of fused-ring (bicyclic) bond motifs is 1. The van der Waals surface area contributed by atoms with Crippen LogP contribution in [0.15, 0.2) is 23.0 Å². The van der Waals surface area contributed by atoms with Crippen molar-refractivity contribution in [2.75, 3.05) is 6.61 Å². The Morgan fingerprint density at radius 1 is 1.02 bits per heavy atom. The Morgan fingerprint density at radius 2 is 1.71 bits per heavy atom. The molecule has 48 heavy (non-hydrogen) atoms. The van der Waals surface area contributed by atoms with Gasteiger partial charge in [-0.2, -0.15) is 0 Å². The van der Waals surface area contributed by atoms with Crippen LogP contribution >= 0.6 is 0 Å². The maximum Gasteiger partial charge on any atom is 0.310 e. The van der Waals surface area contributed by atoms with Crippen LogP contribution in [0.1, 0.15) is 79.2 Å². The molecule has 0 aromatic carbocycles. The van der Waals surface area contributed by atoms with Crippen LogP contribution in [0, 0.1) is 39.4 Å². The van der Waals surface area contributed by atoms with Crippen LogP contribution in [-0.2, 0) is 42.9 Å². The first-order valence-corrected chi connectivity index (χ1v) is 16.9. The van der Waals surface area contributed by atoms with E-state index in [0.29, 0.717) is 12.8 Å². The van der Waals surface area contributed by atoms with Crippen molar-refractivity contribution in [3.05, 3.63) is 24.2 Å². The van der Waals surface area contributed by atoms with E-state index in [0.717, 1.165) is 12.5 Å². The molecule has 2 aliphatic heterocycles. The van der Waals surface area contributed by atoms with Gasteiger partial charge in [0.25, 0.3) is 0 Å². The van der Waals surface area contributed by atoms with Crippen molar-refractivity contribution in [1.82, 2.24) is 0 Å². The van der Waals surface area contributed by atoms with Crippen molar-refractivity contribution in [1.29, 1.82) is 0 Å². The molecule has 4 aliphatic carbocycles. The number of ether oxygens (including phenoxy) is 5. The minimum Gasteiger partial charge on any atom is -0.472 e. The molecule has 6 fully saturated rings. The smallest absolute Gasteiger partial charge is 0.310 e. The fourth-order valence-electron chi connectivity index (χ4n) is 11.5. The Morgan fingerprint density at radius 3 is 2.31 bits per heavy atom. The number of carbonyl (C=O) groups is 4. The van der Waals surface area contributed by atoms with Gasteiger partial charge in [0, 0.05) is 41.9 Å². The van der Waals surface area contributed by atoms with Gasteiger partial charge >= 0.3 is 17.9 Å². The molecule has 3 heterocycles. The summed E-state index contributed by atoms with van der Waals surface area (Å²) in [5.41, 5.74) is -6.07. The molecule has 13 heteroatoms. The lowest BCUT2D eigenvalue weighted by molar-refractivity contribution is -0.391. The van der Waals surface area contributed by atoms with E-state index >= 15 is 4.79 Å². The van der Waals surface area contributed by atoms with Gasteiger partial charge in [0.1, 0.15) is 23.9 Å². The zero-order chi connectivity index (χ0) is 34.9. The summed E-state index contributed by atoms with van der Waals surface area (Å²) in [5.74, 6) is -5.68. The predicted octanol–water partition coefficient (Wildman–Crippen LogP) is 2.03. The Kier molecular flexibility index (Phi) is 7.42. The van der Waals surface area contributed by atoms with Gasteiger partial charge in [0.2, 0.25) is 6.29 Å². The van der Waals surface area contributed by atoms with Crippen LogP contribution in [0.5, 0.6) is 0 Å². The van der Waals surface area contributed by atoms with E-state index in [2.05, 4.69) is 0 Å². The van der Waals surface area contributed by atoms with Gasteiger partial charge < -0.3 is 43.4 Å². The lowest BCUT2D eigenvalue weighted by Crippen LogP contribution is -2.84. The van der Waals surface area contributed by atoms with Crippen molar-refractivity contribution >= 4 is 23.7 Å². The van der Waals surface area contributed by atoms with Crippen molar-refractivity contribution in [3.8, 4) is 0 Å². The van der Waals surface area contributed by atoms with E-state index in [1.807, 2.05) is 13.8 Å². The summed E-state index contributed by atoms with van der Waals surface area (Å²) in [6.07, 6.45) is -5.11. The molecule has 264 valence electrons. The van der Waals surface area contributed by atoms with Crippen LogP contribution in [0.25, 0.3) is 0 Å². The SMILES string of the molecule is CCC(C)C(=O)O[C@@H]1OC[C@@]23[C@H]4C(=O)[C@@H](O)[C@@]5(C)[C@H](c6ccoc6)C[C@H]6O[C@]65[C@]4(C)[C@H](O)C[C@H]2[C@@]1(C)[C@H](O)[C@H](OC(C)=O)[C@@H]3OC(C)=O. The summed E-state index contributed by atoms with van der Waals surface area (Å²) in [6.45, 7) is 10.8. The summed E-state index contributed by atoms with van der Waals surface area (Å²) in [5, 5.41) is 36.9. The Bertz CT molecular complexity index is 1530. The Hall–Kier alpha value is -2.84. The largest absolute Gasteiger partial charge is 0.472 e. The number of epoxide rings is 1. The molecular formula is C35H46O13. The molecule has 4 saturated carbocycles. The van der Waals surface area contributed by atoms with E-state index in [4.69, 9.17) is 28.1 Å². The second kappa shape index (κ2) is 10.6. The molecule has 1 aromatic rings. The number of aliphatic hydroxyl groups is 3. The van der Waals surface area contributed by atoms with E-state index < -0.39 is 112 Å². The number of hydrogen-bond acceptors (Lipinski definition) is 13. The minimum absolute atomic E-state index is 0.0283. The van der Waals surface area contributed by atoms with E-state index in [-0.39, 0.29) is 18.9 Å². The van der Waals surface area contributed by atoms with Crippen molar-refractivity contribution < 1.29 is 62.6 Å².